The minimum Gasteiger partial charge on any atom is -0.465 e. The molecule has 11 heteroatoms. The number of pyridine rings is 1. The number of benzene rings is 1. The number of alkyl halides is 3. The average molecular weight is 467 g/mol. The molecule has 2 atom stereocenters. The lowest BCUT2D eigenvalue weighted by atomic mass is 9.92. The summed E-state index contributed by atoms with van der Waals surface area (Å²) < 4.78 is 47.4. The van der Waals surface area contributed by atoms with Crippen LogP contribution in [0.15, 0.2) is 34.9 Å². The number of rotatable bonds is 2. The average Bonchev–Trinajstić information content (AvgIpc) is 3.16. The van der Waals surface area contributed by atoms with Gasteiger partial charge >= 0.3 is 12.3 Å². The summed E-state index contributed by atoms with van der Waals surface area (Å²) in [5.41, 5.74) is -0.786. The zero-order valence-corrected chi connectivity index (χ0v) is 17.4. The van der Waals surface area contributed by atoms with Crippen LogP contribution < -0.4 is 4.90 Å². The molecule has 0 radical (unpaired) electrons. The molecule has 5 rings (SSSR count). The van der Waals surface area contributed by atoms with Gasteiger partial charge < -0.3 is 14.4 Å². The molecular weight excluding hydrogens is 449 g/mol. The van der Waals surface area contributed by atoms with Gasteiger partial charge in [0.2, 0.25) is 0 Å². The van der Waals surface area contributed by atoms with Crippen LogP contribution in [-0.4, -0.2) is 51.2 Å². The first-order chi connectivity index (χ1) is 15.2. The van der Waals surface area contributed by atoms with Crippen LogP contribution in [0.25, 0.3) is 22.4 Å². The third-order valence-electron chi connectivity index (χ3n) is 6.05. The van der Waals surface area contributed by atoms with Gasteiger partial charge in [-0.25, -0.2) is 4.79 Å². The Labute approximate surface area is 185 Å². The number of aromatic nitrogens is 2. The van der Waals surface area contributed by atoms with Gasteiger partial charge in [0.15, 0.2) is 5.58 Å². The van der Waals surface area contributed by atoms with Gasteiger partial charge in [0.25, 0.3) is 6.01 Å². The zero-order chi connectivity index (χ0) is 22.6. The molecule has 3 aromatic rings. The number of piperidine rings is 1. The van der Waals surface area contributed by atoms with Gasteiger partial charge in [-0.05, 0) is 37.5 Å². The molecule has 2 aromatic heterocycles. The number of piperazine rings is 1. The van der Waals surface area contributed by atoms with Crippen LogP contribution >= 0.6 is 11.6 Å². The summed E-state index contributed by atoms with van der Waals surface area (Å²) in [6.07, 6.45) is -1.93. The van der Waals surface area contributed by atoms with Crippen LogP contribution in [0.4, 0.5) is 24.0 Å². The van der Waals surface area contributed by atoms with Gasteiger partial charge in [-0.3, -0.25) is 9.88 Å². The van der Waals surface area contributed by atoms with E-state index in [0.717, 1.165) is 6.42 Å². The molecule has 2 saturated heterocycles. The van der Waals surface area contributed by atoms with Gasteiger partial charge in [0.05, 0.1) is 22.8 Å². The topological polar surface area (TPSA) is 82.7 Å². The number of hydrogen-bond acceptors (Lipinski definition) is 5. The van der Waals surface area contributed by atoms with E-state index in [1.807, 2.05) is 0 Å². The van der Waals surface area contributed by atoms with Gasteiger partial charge in [0.1, 0.15) is 11.1 Å². The van der Waals surface area contributed by atoms with E-state index in [1.165, 1.54) is 17.2 Å². The van der Waals surface area contributed by atoms with Crippen molar-refractivity contribution in [2.75, 3.05) is 18.0 Å². The summed E-state index contributed by atoms with van der Waals surface area (Å²) in [5.74, 6) is 0. The van der Waals surface area contributed by atoms with Crippen molar-refractivity contribution in [3.63, 3.8) is 0 Å². The van der Waals surface area contributed by atoms with Gasteiger partial charge in [-0.15, -0.1) is 0 Å². The molecule has 32 heavy (non-hydrogen) atoms. The number of anilines is 1. The zero-order valence-electron chi connectivity index (χ0n) is 16.6. The van der Waals surface area contributed by atoms with Crippen molar-refractivity contribution < 1.29 is 27.5 Å². The van der Waals surface area contributed by atoms with Crippen molar-refractivity contribution in [1.82, 2.24) is 14.9 Å². The number of oxazole rings is 1. The molecule has 4 heterocycles. The van der Waals surface area contributed by atoms with Crippen molar-refractivity contribution in [1.29, 1.82) is 0 Å². The van der Waals surface area contributed by atoms with Crippen molar-refractivity contribution in [2.24, 2.45) is 0 Å². The van der Waals surface area contributed by atoms with E-state index >= 15 is 0 Å². The fraction of sp³-hybridized carbons (Fsp3) is 0.381. The van der Waals surface area contributed by atoms with E-state index in [9.17, 15) is 23.1 Å². The van der Waals surface area contributed by atoms with E-state index in [4.69, 9.17) is 16.0 Å². The van der Waals surface area contributed by atoms with Crippen LogP contribution in [0, 0.1) is 0 Å². The molecule has 1 amide bonds. The number of fused-ring (bicyclic) bond motifs is 3. The van der Waals surface area contributed by atoms with Crippen molar-refractivity contribution >= 4 is 34.8 Å². The first kappa shape index (κ1) is 20.9. The fourth-order valence-electron chi connectivity index (χ4n) is 4.73. The van der Waals surface area contributed by atoms with E-state index < -0.39 is 22.9 Å². The quantitative estimate of drug-likeness (QED) is 0.553. The molecular formula is C21H18ClF3N4O3. The highest BCUT2D eigenvalue weighted by Gasteiger charge is 2.43. The summed E-state index contributed by atoms with van der Waals surface area (Å²) in [5, 5.41) is 9.07. The third kappa shape index (κ3) is 3.42. The normalized spacial score (nSPS) is 21.2. The SMILES string of the molecule is O=C(O)N1C2CCCC1CN(c1nc3c(C(F)(F)F)c(Cl)cc(-c4ccccn4)c3o1)C2. The Morgan fingerprint density at radius 2 is 1.94 bits per heavy atom. The van der Waals surface area contributed by atoms with Crippen molar-refractivity contribution in [3.8, 4) is 11.3 Å². The van der Waals surface area contributed by atoms with Crippen molar-refractivity contribution in [2.45, 2.75) is 37.5 Å². The monoisotopic (exact) mass is 466 g/mol. The number of halogens is 4. The molecule has 2 aliphatic heterocycles. The second kappa shape index (κ2) is 7.54. The maximum Gasteiger partial charge on any atom is 0.420 e. The lowest BCUT2D eigenvalue weighted by Crippen LogP contribution is -2.62. The Morgan fingerprint density at radius 1 is 1.22 bits per heavy atom. The number of carbonyl (C=O) groups is 1. The molecule has 0 saturated carbocycles. The summed E-state index contributed by atoms with van der Waals surface area (Å²) in [7, 11) is 0. The Bertz CT molecular complexity index is 1170. The molecule has 1 aromatic carbocycles. The number of hydrogen-bond donors (Lipinski definition) is 1. The lowest BCUT2D eigenvalue weighted by molar-refractivity contribution is -0.136. The van der Waals surface area contributed by atoms with Crippen molar-refractivity contribution in [3.05, 3.63) is 41.0 Å². The molecule has 168 valence electrons. The Balaban J connectivity index is 1.64. The van der Waals surface area contributed by atoms with E-state index in [0.29, 0.717) is 37.2 Å². The third-order valence-corrected chi connectivity index (χ3v) is 6.34. The van der Waals surface area contributed by atoms with Crippen LogP contribution in [0.2, 0.25) is 5.02 Å². The maximum atomic E-state index is 13.8. The molecule has 2 bridgehead atoms. The highest BCUT2D eigenvalue weighted by atomic mass is 35.5. The summed E-state index contributed by atoms with van der Waals surface area (Å²) in [4.78, 5) is 23.3. The summed E-state index contributed by atoms with van der Waals surface area (Å²) >= 11 is 6.05. The van der Waals surface area contributed by atoms with Gasteiger partial charge in [-0.2, -0.15) is 18.2 Å². The fourth-order valence-corrected chi connectivity index (χ4v) is 5.04. The second-order valence-corrected chi connectivity index (χ2v) is 8.41. The van der Waals surface area contributed by atoms with Gasteiger partial charge in [-0.1, -0.05) is 17.7 Å². The maximum absolute atomic E-state index is 13.8. The molecule has 0 spiro atoms. The standard InChI is InChI=1S/C21H18ClF3N4O3/c22-14-8-13(15-6-1-2-7-26-15)18-17(16(14)21(23,24)25)27-19(32-18)28-9-11-4-3-5-12(10-28)29(11)20(30)31/h1-2,6-8,11-12H,3-5,9-10H2,(H,30,31). The number of nitrogens with zero attached hydrogens (tertiary/aromatic N) is 4. The Hall–Kier alpha value is -3.01. The minimum atomic E-state index is -4.73. The molecule has 7 nitrogen and oxygen atoms in total. The first-order valence-corrected chi connectivity index (χ1v) is 10.5. The Morgan fingerprint density at radius 3 is 2.53 bits per heavy atom. The van der Waals surface area contributed by atoms with Crippen LogP contribution in [0.3, 0.4) is 0 Å². The largest absolute Gasteiger partial charge is 0.465 e. The summed E-state index contributed by atoms with van der Waals surface area (Å²) in [6, 6.07) is 5.73. The highest BCUT2D eigenvalue weighted by molar-refractivity contribution is 6.33. The lowest BCUT2D eigenvalue weighted by Gasteiger charge is -2.48. The molecule has 2 fully saturated rings. The molecule has 2 aliphatic rings. The number of amides is 1. The predicted octanol–water partition coefficient (Wildman–Crippen LogP) is 5.28. The number of carboxylic acid groups (broad SMARTS) is 1. The van der Waals surface area contributed by atoms with Crippen LogP contribution in [0.5, 0.6) is 0 Å². The Kier molecular flexibility index (Phi) is 4.92. The van der Waals surface area contributed by atoms with E-state index in [-0.39, 0.29) is 29.2 Å². The van der Waals surface area contributed by atoms with E-state index in [2.05, 4.69) is 9.97 Å². The minimum absolute atomic E-state index is 0.0203. The van der Waals surface area contributed by atoms with E-state index in [1.54, 1.807) is 23.1 Å². The smallest absolute Gasteiger partial charge is 0.420 e. The van der Waals surface area contributed by atoms with Crippen LogP contribution in [-0.2, 0) is 6.18 Å². The summed E-state index contributed by atoms with van der Waals surface area (Å²) in [6.45, 7) is 0.591. The molecule has 1 N–H and O–H groups in total. The van der Waals surface area contributed by atoms with Crippen LogP contribution in [0.1, 0.15) is 24.8 Å². The highest BCUT2D eigenvalue weighted by Crippen LogP contribution is 2.44. The first-order valence-electron chi connectivity index (χ1n) is 10.1. The predicted molar refractivity (Wildman–Crippen MR) is 111 cm³/mol. The molecule has 2 unspecified atom stereocenters. The van der Waals surface area contributed by atoms with Gasteiger partial charge in [0, 0.05) is 24.8 Å². The molecule has 0 aliphatic carbocycles. The second-order valence-electron chi connectivity index (χ2n) is 8.00.